The van der Waals surface area contributed by atoms with Gasteiger partial charge in [-0.25, -0.2) is 4.68 Å². The molecule has 0 atom stereocenters. The Hall–Kier alpha value is -2.37. The third-order valence-corrected chi connectivity index (χ3v) is 2.68. The molecule has 0 radical (unpaired) electrons. The molecule has 0 fully saturated rings. The highest BCUT2D eigenvalue weighted by Gasteiger charge is 2.03. The van der Waals surface area contributed by atoms with Crippen LogP contribution in [0.25, 0.3) is 0 Å². The van der Waals surface area contributed by atoms with Crippen molar-refractivity contribution < 1.29 is 4.74 Å². The van der Waals surface area contributed by atoms with Crippen LogP contribution in [0.4, 0.5) is 5.95 Å². The molecule has 1 aromatic heterocycles. The minimum atomic E-state index is 0.582. The second-order valence-corrected chi connectivity index (χ2v) is 4.32. The first kappa shape index (κ1) is 14.0. The van der Waals surface area contributed by atoms with Gasteiger partial charge in [-0.05, 0) is 34.5 Å². The van der Waals surface area contributed by atoms with E-state index in [1.165, 1.54) is 0 Å². The van der Waals surface area contributed by atoms with E-state index in [0.717, 1.165) is 24.3 Å². The van der Waals surface area contributed by atoms with Crippen molar-refractivity contribution in [3.63, 3.8) is 0 Å². The van der Waals surface area contributed by atoms with E-state index in [4.69, 9.17) is 4.74 Å². The van der Waals surface area contributed by atoms with Crippen molar-refractivity contribution in [2.24, 2.45) is 0 Å². The van der Waals surface area contributed by atoms with Crippen LogP contribution in [-0.2, 0) is 13.1 Å². The number of rotatable bonds is 8. The highest BCUT2D eigenvalue weighted by atomic mass is 16.5. The van der Waals surface area contributed by atoms with Crippen LogP contribution in [-0.4, -0.2) is 26.8 Å². The Morgan fingerprint density at radius 1 is 1.35 bits per heavy atom. The van der Waals surface area contributed by atoms with E-state index in [-0.39, 0.29) is 0 Å². The van der Waals surface area contributed by atoms with Crippen molar-refractivity contribution in [3.8, 4) is 5.75 Å². The first-order valence-corrected chi connectivity index (χ1v) is 6.66. The van der Waals surface area contributed by atoms with E-state index in [0.29, 0.717) is 19.0 Å². The maximum Gasteiger partial charge on any atom is 0.243 e. The number of hydrogen-bond acceptors (Lipinski definition) is 5. The van der Waals surface area contributed by atoms with E-state index in [2.05, 4.69) is 34.3 Å². The number of benzene rings is 1. The van der Waals surface area contributed by atoms with Gasteiger partial charge < -0.3 is 10.1 Å². The molecule has 0 bridgehead atoms. The number of nitrogens with zero attached hydrogens (tertiary/aromatic N) is 4. The number of tetrazole rings is 1. The second kappa shape index (κ2) is 7.28. The van der Waals surface area contributed by atoms with Crippen LogP contribution in [0.1, 0.15) is 18.9 Å². The Kier molecular flexibility index (Phi) is 5.11. The molecule has 0 aliphatic carbocycles. The Morgan fingerprint density at radius 3 is 2.85 bits per heavy atom. The molecule has 0 amide bonds. The summed E-state index contributed by atoms with van der Waals surface area (Å²) in [5, 5.41) is 14.6. The molecule has 2 aromatic rings. The quantitative estimate of drug-likeness (QED) is 0.747. The van der Waals surface area contributed by atoms with Gasteiger partial charge in [0, 0.05) is 6.54 Å². The lowest BCUT2D eigenvalue weighted by Crippen LogP contribution is -2.08. The maximum absolute atomic E-state index is 5.54. The fraction of sp³-hybridized carbons (Fsp3) is 0.357. The predicted octanol–water partition coefficient (Wildman–Crippen LogP) is 2.26. The largest absolute Gasteiger partial charge is 0.494 e. The van der Waals surface area contributed by atoms with Crippen molar-refractivity contribution in [3.05, 3.63) is 42.5 Å². The van der Waals surface area contributed by atoms with Gasteiger partial charge in [0.05, 0.1) is 13.2 Å². The zero-order valence-corrected chi connectivity index (χ0v) is 11.6. The summed E-state index contributed by atoms with van der Waals surface area (Å²) < 4.78 is 7.20. The molecule has 20 heavy (non-hydrogen) atoms. The average Bonchev–Trinajstić information content (AvgIpc) is 2.92. The highest BCUT2D eigenvalue weighted by molar-refractivity contribution is 5.31. The van der Waals surface area contributed by atoms with E-state index < -0.39 is 0 Å². The van der Waals surface area contributed by atoms with Crippen molar-refractivity contribution in [2.45, 2.75) is 26.4 Å². The van der Waals surface area contributed by atoms with Crippen LogP contribution in [0, 0.1) is 0 Å². The summed E-state index contributed by atoms with van der Waals surface area (Å²) in [5.74, 6) is 1.53. The molecule has 1 N–H and O–H groups in total. The number of allylic oxidation sites excluding steroid dienone is 1. The van der Waals surface area contributed by atoms with Gasteiger partial charge in [0.1, 0.15) is 5.75 Å². The molecule has 0 saturated carbocycles. The first-order chi connectivity index (χ1) is 9.83. The fourth-order valence-corrected chi connectivity index (χ4v) is 1.68. The van der Waals surface area contributed by atoms with E-state index >= 15 is 0 Å². The number of hydrogen-bond donors (Lipinski definition) is 1. The summed E-state index contributed by atoms with van der Waals surface area (Å²) in [7, 11) is 0. The van der Waals surface area contributed by atoms with Gasteiger partial charge in [0.25, 0.3) is 0 Å². The van der Waals surface area contributed by atoms with Crippen LogP contribution < -0.4 is 10.1 Å². The smallest absolute Gasteiger partial charge is 0.243 e. The van der Waals surface area contributed by atoms with Gasteiger partial charge in [-0.2, -0.15) is 0 Å². The molecule has 0 saturated heterocycles. The SMILES string of the molecule is C=CCn1nnnc1NCc1ccc(OCCC)cc1. The second-order valence-electron chi connectivity index (χ2n) is 4.32. The summed E-state index contributed by atoms with van der Waals surface area (Å²) in [5.41, 5.74) is 1.14. The Morgan fingerprint density at radius 2 is 2.15 bits per heavy atom. The molecule has 6 heteroatoms. The van der Waals surface area contributed by atoms with E-state index in [9.17, 15) is 0 Å². The molecule has 1 aromatic carbocycles. The summed E-state index contributed by atoms with van der Waals surface area (Å²) in [4.78, 5) is 0. The van der Waals surface area contributed by atoms with Crippen LogP contribution in [0.2, 0.25) is 0 Å². The summed E-state index contributed by atoms with van der Waals surface area (Å²) in [6.45, 7) is 7.74. The standard InChI is InChI=1S/C14H19N5O/c1-3-9-19-14(16-17-18-19)15-11-12-5-7-13(8-6-12)20-10-4-2/h3,5-8H,1,4,9-11H2,2H3,(H,15,16,18). The number of ether oxygens (including phenoxy) is 1. The molecule has 2 rings (SSSR count). The molecule has 0 aliphatic heterocycles. The van der Waals surface area contributed by atoms with Crippen LogP contribution >= 0.6 is 0 Å². The van der Waals surface area contributed by atoms with Crippen molar-refractivity contribution >= 4 is 5.95 Å². The zero-order chi connectivity index (χ0) is 14.2. The van der Waals surface area contributed by atoms with Gasteiger partial charge in [0.2, 0.25) is 5.95 Å². The average molecular weight is 273 g/mol. The number of anilines is 1. The third-order valence-electron chi connectivity index (χ3n) is 2.68. The zero-order valence-electron chi connectivity index (χ0n) is 11.6. The molecule has 0 spiro atoms. The lowest BCUT2D eigenvalue weighted by Gasteiger charge is -2.07. The summed E-state index contributed by atoms with van der Waals surface area (Å²) in [6, 6.07) is 8.00. The van der Waals surface area contributed by atoms with E-state index in [1.807, 2.05) is 24.3 Å². The first-order valence-electron chi connectivity index (χ1n) is 6.66. The van der Waals surface area contributed by atoms with Gasteiger partial charge >= 0.3 is 0 Å². The molecule has 0 aliphatic rings. The van der Waals surface area contributed by atoms with Gasteiger partial charge in [0.15, 0.2) is 0 Å². The maximum atomic E-state index is 5.54. The molecule has 1 heterocycles. The Bertz CT molecular complexity index is 535. The highest BCUT2D eigenvalue weighted by Crippen LogP contribution is 2.13. The van der Waals surface area contributed by atoms with Crippen molar-refractivity contribution in [1.82, 2.24) is 20.2 Å². The lowest BCUT2D eigenvalue weighted by molar-refractivity contribution is 0.317. The minimum Gasteiger partial charge on any atom is -0.494 e. The van der Waals surface area contributed by atoms with Gasteiger partial charge in [-0.1, -0.05) is 30.2 Å². The molecule has 0 unspecified atom stereocenters. The van der Waals surface area contributed by atoms with E-state index in [1.54, 1.807) is 10.8 Å². The molecule has 6 nitrogen and oxygen atoms in total. The topological polar surface area (TPSA) is 64.9 Å². The summed E-state index contributed by atoms with van der Waals surface area (Å²) in [6.07, 6.45) is 2.76. The fourth-order valence-electron chi connectivity index (χ4n) is 1.68. The van der Waals surface area contributed by atoms with Crippen molar-refractivity contribution in [2.75, 3.05) is 11.9 Å². The molecule has 106 valence electrons. The normalized spacial score (nSPS) is 10.2. The Balaban J connectivity index is 1.90. The van der Waals surface area contributed by atoms with Crippen LogP contribution in [0.15, 0.2) is 36.9 Å². The van der Waals surface area contributed by atoms with Crippen LogP contribution in [0.5, 0.6) is 5.75 Å². The number of nitrogens with one attached hydrogen (secondary N) is 1. The van der Waals surface area contributed by atoms with Gasteiger partial charge in [-0.15, -0.1) is 6.58 Å². The lowest BCUT2D eigenvalue weighted by atomic mass is 10.2. The monoisotopic (exact) mass is 273 g/mol. The van der Waals surface area contributed by atoms with Crippen molar-refractivity contribution in [1.29, 1.82) is 0 Å². The van der Waals surface area contributed by atoms with Crippen LogP contribution in [0.3, 0.4) is 0 Å². The molecular formula is C14H19N5O. The molecular weight excluding hydrogens is 254 g/mol. The third kappa shape index (κ3) is 3.81. The number of aromatic nitrogens is 4. The Labute approximate surface area is 118 Å². The minimum absolute atomic E-state index is 0.582. The predicted molar refractivity (Wildman–Crippen MR) is 77.6 cm³/mol. The van der Waals surface area contributed by atoms with Gasteiger partial charge in [-0.3, -0.25) is 0 Å². The summed E-state index contributed by atoms with van der Waals surface area (Å²) >= 11 is 0.